The molecular formula is C10H19N3. The molecule has 1 aliphatic rings. The molecule has 0 heterocycles. The van der Waals surface area contributed by atoms with Crippen molar-refractivity contribution < 1.29 is 0 Å². The number of nitrogens with zero attached hydrogens (tertiary/aromatic N) is 2. The van der Waals surface area contributed by atoms with Crippen LogP contribution in [0.25, 0.3) is 0 Å². The smallest absolute Gasteiger partial charge is 0.0686 e. The number of allylic oxidation sites excluding steroid dienone is 4. The number of hydrazine groups is 1. The zero-order valence-electron chi connectivity index (χ0n) is 8.86. The average Bonchev–Trinajstić information content (AvgIpc) is 2.12. The Morgan fingerprint density at radius 2 is 2.00 bits per heavy atom. The summed E-state index contributed by atoms with van der Waals surface area (Å²) in [6.07, 6.45) is 8.03. The van der Waals surface area contributed by atoms with Crippen molar-refractivity contribution in [2.24, 2.45) is 16.9 Å². The molecule has 3 heteroatoms. The molecule has 0 aromatic rings. The number of rotatable bonds is 1. The number of hydrogen-bond acceptors (Lipinski definition) is 3. The van der Waals surface area contributed by atoms with E-state index in [9.17, 15) is 0 Å². The predicted molar refractivity (Wildman–Crippen MR) is 58.2 cm³/mol. The Labute approximate surface area is 80.6 Å². The van der Waals surface area contributed by atoms with Crippen LogP contribution >= 0.6 is 0 Å². The molecule has 74 valence electrons. The Kier molecular flexibility index (Phi) is 5.89. The molecule has 13 heavy (non-hydrogen) atoms. The highest BCUT2D eigenvalue weighted by Crippen LogP contribution is 2.07. The molecule has 0 aromatic carbocycles. The molecule has 1 atom stereocenters. The van der Waals surface area contributed by atoms with Crippen LogP contribution in [-0.4, -0.2) is 17.9 Å². The van der Waals surface area contributed by atoms with E-state index in [0.717, 1.165) is 5.71 Å². The molecule has 0 bridgehead atoms. The SMILES string of the molecule is CC.CC1C=CC=C/C1=N/N(C)N. The quantitative estimate of drug-likeness (QED) is 0.496. The first-order valence-electron chi connectivity index (χ1n) is 4.62. The summed E-state index contributed by atoms with van der Waals surface area (Å²) >= 11 is 0. The van der Waals surface area contributed by atoms with E-state index in [4.69, 9.17) is 5.84 Å². The molecule has 0 spiro atoms. The fraction of sp³-hybridized carbons (Fsp3) is 0.500. The van der Waals surface area contributed by atoms with E-state index in [-0.39, 0.29) is 0 Å². The normalized spacial score (nSPS) is 22.5. The van der Waals surface area contributed by atoms with E-state index >= 15 is 0 Å². The van der Waals surface area contributed by atoms with Crippen LogP contribution in [0.5, 0.6) is 0 Å². The zero-order valence-corrected chi connectivity index (χ0v) is 8.86. The van der Waals surface area contributed by atoms with Crippen molar-refractivity contribution in [3.63, 3.8) is 0 Å². The molecule has 3 nitrogen and oxygen atoms in total. The van der Waals surface area contributed by atoms with Crippen molar-refractivity contribution in [1.82, 2.24) is 5.12 Å². The van der Waals surface area contributed by atoms with Gasteiger partial charge in [0.2, 0.25) is 0 Å². The van der Waals surface area contributed by atoms with Gasteiger partial charge in [-0.2, -0.15) is 5.10 Å². The lowest BCUT2D eigenvalue weighted by atomic mass is 10.0. The predicted octanol–water partition coefficient (Wildman–Crippen LogP) is 1.94. The Morgan fingerprint density at radius 1 is 1.38 bits per heavy atom. The second-order valence-corrected chi connectivity index (χ2v) is 2.63. The van der Waals surface area contributed by atoms with Gasteiger partial charge in [0.1, 0.15) is 0 Å². The molecule has 0 amide bonds. The lowest BCUT2D eigenvalue weighted by Crippen LogP contribution is -2.23. The lowest BCUT2D eigenvalue weighted by molar-refractivity contribution is 0.370. The molecule has 0 aliphatic heterocycles. The fourth-order valence-corrected chi connectivity index (χ4v) is 0.942. The van der Waals surface area contributed by atoms with Gasteiger partial charge in [-0.05, 0) is 6.08 Å². The summed E-state index contributed by atoms with van der Waals surface area (Å²) in [6.45, 7) is 6.09. The maximum absolute atomic E-state index is 5.37. The van der Waals surface area contributed by atoms with Crippen LogP contribution in [-0.2, 0) is 0 Å². The Bertz CT molecular complexity index is 214. The third-order valence-corrected chi connectivity index (χ3v) is 1.52. The fourth-order valence-electron chi connectivity index (χ4n) is 0.942. The summed E-state index contributed by atoms with van der Waals surface area (Å²) in [5.74, 6) is 5.74. The summed E-state index contributed by atoms with van der Waals surface area (Å²) in [7, 11) is 1.71. The first-order chi connectivity index (χ1) is 6.20. The second-order valence-electron chi connectivity index (χ2n) is 2.63. The highest BCUT2D eigenvalue weighted by molar-refractivity contribution is 5.98. The van der Waals surface area contributed by atoms with Gasteiger partial charge in [-0.1, -0.05) is 39.0 Å². The standard InChI is InChI=1S/C8H13N3.C2H6/c1-7-5-3-4-6-8(7)10-11(2)9;1-2/h3-7H,9H2,1-2H3;1-2H3/b10-8-;. The van der Waals surface area contributed by atoms with E-state index in [2.05, 4.69) is 18.1 Å². The summed E-state index contributed by atoms with van der Waals surface area (Å²) in [6, 6.07) is 0. The lowest BCUT2D eigenvalue weighted by Gasteiger charge is -2.12. The molecule has 2 N–H and O–H groups in total. The molecule has 0 radical (unpaired) electrons. The van der Waals surface area contributed by atoms with E-state index in [0.29, 0.717) is 5.92 Å². The van der Waals surface area contributed by atoms with Crippen molar-refractivity contribution in [2.75, 3.05) is 7.05 Å². The Balaban J connectivity index is 0.000000671. The van der Waals surface area contributed by atoms with Crippen molar-refractivity contribution >= 4 is 5.71 Å². The zero-order chi connectivity index (χ0) is 10.3. The summed E-state index contributed by atoms with van der Waals surface area (Å²) in [5.41, 5.74) is 0.998. The summed E-state index contributed by atoms with van der Waals surface area (Å²) in [5, 5.41) is 5.44. The van der Waals surface area contributed by atoms with Crippen LogP contribution in [0.3, 0.4) is 0 Å². The summed E-state index contributed by atoms with van der Waals surface area (Å²) in [4.78, 5) is 0. The van der Waals surface area contributed by atoms with E-state index in [1.165, 1.54) is 5.12 Å². The van der Waals surface area contributed by atoms with Gasteiger partial charge >= 0.3 is 0 Å². The highest BCUT2D eigenvalue weighted by atomic mass is 15.6. The molecular weight excluding hydrogens is 162 g/mol. The molecule has 1 aliphatic carbocycles. The van der Waals surface area contributed by atoms with Gasteiger partial charge in [0.15, 0.2) is 0 Å². The van der Waals surface area contributed by atoms with Crippen LogP contribution in [0.15, 0.2) is 29.4 Å². The minimum absolute atomic E-state index is 0.367. The number of hydrazone groups is 1. The van der Waals surface area contributed by atoms with Crippen LogP contribution < -0.4 is 5.84 Å². The van der Waals surface area contributed by atoms with Crippen LogP contribution in [0.2, 0.25) is 0 Å². The highest BCUT2D eigenvalue weighted by Gasteiger charge is 2.06. The van der Waals surface area contributed by atoms with E-state index in [1.54, 1.807) is 7.05 Å². The maximum atomic E-state index is 5.37. The van der Waals surface area contributed by atoms with Gasteiger partial charge < -0.3 is 0 Å². The third-order valence-electron chi connectivity index (χ3n) is 1.52. The molecule has 1 unspecified atom stereocenters. The van der Waals surface area contributed by atoms with E-state index in [1.807, 2.05) is 32.1 Å². The summed E-state index contributed by atoms with van der Waals surface area (Å²) < 4.78 is 0. The topological polar surface area (TPSA) is 41.6 Å². The van der Waals surface area contributed by atoms with E-state index < -0.39 is 0 Å². The maximum Gasteiger partial charge on any atom is 0.0686 e. The Morgan fingerprint density at radius 3 is 2.46 bits per heavy atom. The molecule has 0 saturated carbocycles. The number of hydrogen-bond donors (Lipinski definition) is 1. The van der Waals surface area contributed by atoms with Crippen molar-refractivity contribution in [3.05, 3.63) is 24.3 Å². The molecule has 1 rings (SSSR count). The average molecular weight is 181 g/mol. The minimum Gasteiger partial charge on any atom is -0.235 e. The minimum atomic E-state index is 0.367. The van der Waals surface area contributed by atoms with Gasteiger partial charge in [0.05, 0.1) is 5.71 Å². The van der Waals surface area contributed by atoms with Gasteiger partial charge in [-0.15, -0.1) is 0 Å². The molecule has 0 saturated heterocycles. The monoisotopic (exact) mass is 181 g/mol. The van der Waals surface area contributed by atoms with Gasteiger partial charge in [-0.25, -0.2) is 11.0 Å². The first kappa shape index (κ1) is 11.9. The number of nitrogens with two attached hydrogens (primary N) is 1. The largest absolute Gasteiger partial charge is 0.235 e. The molecule has 0 fully saturated rings. The Hall–Kier alpha value is -1.09. The van der Waals surface area contributed by atoms with Gasteiger partial charge in [0.25, 0.3) is 0 Å². The van der Waals surface area contributed by atoms with Crippen LogP contribution in [0, 0.1) is 5.92 Å². The van der Waals surface area contributed by atoms with Crippen molar-refractivity contribution in [1.29, 1.82) is 0 Å². The van der Waals surface area contributed by atoms with Crippen LogP contribution in [0.1, 0.15) is 20.8 Å². The van der Waals surface area contributed by atoms with Crippen molar-refractivity contribution in [2.45, 2.75) is 20.8 Å². The van der Waals surface area contributed by atoms with Gasteiger partial charge in [0, 0.05) is 13.0 Å². The van der Waals surface area contributed by atoms with Gasteiger partial charge in [-0.3, -0.25) is 0 Å². The van der Waals surface area contributed by atoms with Crippen LogP contribution in [0.4, 0.5) is 0 Å². The second kappa shape index (κ2) is 6.43. The first-order valence-corrected chi connectivity index (χ1v) is 4.62. The third kappa shape index (κ3) is 4.48. The van der Waals surface area contributed by atoms with Crippen molar-refractivity contribution in [3.8, 4) is 0 Å². The molecule has 0 aromatic heterocycles.